The van der Waals surface area contributed by atoms with E-state index in [9.17, 15) is 4.79 Å². The van der Waals surface area contributed by atoms with Gasteiger partial charge in [0.15, 0.2) is 0 Å². The van der Waals surface area contributed by atoms with E-state index in [1.807, 2.05) is 0 Å². The van der Waals surface area contributed by atoms with E-state index in [1.54, 1.807) is 0 Å². The summed E-state index contributed by atoms with van der Waals surface area (Å²) in [5.41, 5.74) is 0.733. The number of hydrogen-bond acceptors (Lipinski definition) is 5. The van der Waals surface area contributed by atoms with Gasteiger partial charge in [-0.05, 0) is 6.92 Å². The van der Waals surface area contributed by atoms with E-state index in [0.717, 1.165) is 19.3 Å². The topological polar surface area (TPSA) is 82.2 Å². The van der Waals surface area contributed by atoms with Crippen LogP contribution in [0.1, 0.15) is 30.2 Å². The van der Waals surface area contributed by atoms with E-state index in [1.165, 1.54) is 35.1 Å². The number of thiophene rings is 1. The Morgan fingerprint density at radius 2 is 2.00 bits per heavy atom. The van der Waals surface area contributed by atoms with Crippen LogP contribution in [0.3, 0.4) is 0 Å². The molecule has 0 atom stereocenters. The third-order valence-corrected chi connectivity index (χ3v) is 3.75. The van der Waals surface area contributed by atoms with Gasteiger partial charge in [0.05, 0.1) is 0 Å². The quantitative estimate of drug-likeness (QED) is 0.378. The van der Waals surface area contributed by atoms with Crippen molar-refractivity contribution in [3.63, 3.8) is 0 Å². The van der Waals surface area contributed by atoms with Gasteiger partial charge < -0.3 is 10.2 Å². The second kappa shape index (κ2) is 7.26. The average Bonchev–Trinajstić information content (AvgIpc) is 2.70. The molecule has 7 heteroatoms. The number of azo groups is 1. The van der Waals surface area contributed by atoms with Crippen molar-refractivity contribution in [2.45, 2.75) is 32.6 Å². The summed E-state index contributed by atoms with van der Waals surface area (Å²) in [4.78, 5) is 12.0. The second-order valence-corrected chi connectivity index (χ2v) is 5.16. The maximum Gasteiger partial charge on any atom is 0.359 e. The van der Waals surface area contributed by atoms with Crippen LogP contribution in [0.2, 0.25) is 0 Å². The first-order chi connectivity index (χ1) is 8.58. The van der Waals surface area contributed by atoms with Crippen molar-refractivity contribution >= 4 is 22.3 Å². The molecule has 0 saturated heterocycles. The standard InChI is InChI=1S/C12H13N2O3S.Y/c1-7(15)11(12(16)17)14-13-10-6-8-4-2-3-5-9(8)18-10;/h15H,2-5H2,1H3,(H,16,17);/q-1;/b11-7+,14-13?;. The number of aryl methyl sites for hydroxylation is 2. The van der Waals surface area contributed by atoms with Crippen LogP contribution in [0.15, 0.2) is 21.7 Å². The Morgan fingerprint density at radius 3 is 2.58 bits per heavy atom. The molecule has 1 aliphatic carbocycles. The molecule has 5 nitrogen and oxygen atoms in total. The van der Waals surface area contributed by atoms with Crippen LogP contribution in [-0.2, 0) is 50.3 Å². The molecule has 0 saturated carbocycles. The van der Waals surface area contributed by atoms with Crippen molar-refractivity contribution in [3.8, 4) is 0 Å². The number of allylic oxidation sites excluding steroid dienone is 1. The number of carboxylic acid groups (broad SMARTS) is 1. The predicted octanol–water partition coefficient (Wildman–Crippen LogP) is 3.38. The van der Waals surface area contributed by atoms with Gasteiger partial charge in [0.25, 0.3) is 0 Å². The zero-order valence-corrected chi connectivity index (χ0v) is 14.2. The summed E-state index contributed by atoms with van der Waals surface area (Å²) in [5.74, 6) is -1.65. The summed E-state index contributed by atoms with van der Waals surface area (Å²) in [5, 5.41) is 26.0. The van der Waals surface area contributed by atoms with E-state index in [2.05, 4.69) is 16.3 Å². The maximum atomic E-state index is 10.8. The molecule has 1 aromatic heterocycles. The Morgan fingerprint density at radius 1 is 1.32 bits per heavy atom. The van der Waals surface area contributed by atoms with Gasteiger partial charge in [-0.15, -0.1) is 9.99 Å². The number of fused-ring (bicyclic) bond motifs is 1. The van der Waals surface area contributed by atoms with Crippen molar-refractivity contribution < 1.29 is 47.7 Å². The Kier molecular flexibility index (Phi) is 6.30. The molecule has 0 unspecified atom stereocenters. The molecule has 0 aliphatic heterocycles. The zero-order chi connectivity index (χ0) is 13.1. The number of hydrogen-bond donors (Lipinski definition) is 2. The van der Waals surface area contributed by atoms with Crippen molar-refractivity contribution in [2.24, 2.45) is 10.2 Å². The minimum absolute atomic E-state index is 0. The van der Waals surface area contributed by atoms with Gasteiger partial charge in [0, 0.05) is 37.7 Å². The molecule has 0 amide bonds. The number of aliphatic hydroxyl groups excluding tert-OH is 1. The molecule has 1 aliphatic rings. The molecule has 0 spiro atoms. The van der Waals surface area contributed by atoms with Gasteiger partial charge in [-0.3, -0.25) is 0 Å². The second-order valence-electron chi connectivity index (χ2n) is 4.08. The summed E-state index contributed by atoms with van der Waals surface area (Å²) in [6.07, 6.45) is 4.37. The summed E-state index contributed by atoms with van der Waals surface area (Å²) in [6, 6.07) is 3.13. The molecule has 1 radical (unpaired) electrons. The normalized spacial score (nSPS) is 15.6. The van der Waals surface area contributed by atoms with E-state index in [-0.39, 0.29) is 38.5 Å². The van der Waals surface area contributed by atoms with Crippen molar-refractivity contribution in [1.29, 1.82) is 0 Å². The van der Waals surface area contributed by atoms with Crippen molar-refractivity contribution in [1.82, 2.24) is 0 Å². The smallest absolute Gasteiger partial charge is 0.359 e. The third-order valence-electron chi connectivity index (χ3n) is 2.68. The Hall–Kier alpha value is -0.586. The minimum atomic E-state index is -1.29. The Labute approximate surface area is 140 Å². The number of carbonyl (C=O) groups is 1. The molecule has 2 rings (SSSR count). The predicted molar refractivity (Wildman–Crippen MR) is 67.3 cm³/mol. The molecule has 19 heavy (non-hydrogen) atoms. The maximum absolute atomic E-state index is 10.8. The number of rotatable bonds is 3. The van der Waals surface area contributed by atoms with E-state index in [0.29, 0.717) is 5.00 Å². The molecular weight excluding hydrogens is 341 g/mol. The average molecular weight is 354 g/mol. The van der Waals surface area contributed by atoms with Gasteiger partial charge in [-0.1, -0.05) is 25.7 Å². The molecule has 0 fully saturated rings. The van der Waals surface area contributed by atoms with Crippen LogP contribution >= 0.6 is 11.3 Å². The van der Waals surface area contributed by atoms with E-state index >= 15 is 0 Å². The third kappa shape index (κ3) is 4.19. The fourth-order valence-corrected chi connectivity index (χ4v) is 2.82. The van der Waals surface area contributed by atoms with Crippen LogP contribution < -0.4 is 0 Å². The fourth-order valence-electron chi connectivity index (χ4n) is 1.80. The van der Waals surface area contributed by atoms with Gasteiger partial charge in [-0.25, -0.2) is 27.8 Å². The van der Waals surface area contributed by atoms with Gasteiger partial charge in [0.2, 0.25) is 5.70 Å². The Bertz CT molecular complexity index is 510. The summed E-state index contributed by atoms with van der Waals surface area (Å²) in [6.45, 7) is 1.27. The minimum Gasteiger partial charge on any atom is -0.510 e. The molecule has 0 aromatic carbocycles. The largest absolute Gasteiger partial charge is 0.510 e. The van der Waals surface area contributed by atoms with Crippen LogP contribution in [-0.4, -0.2) is 16.2 Å². The first-order valence-corrected chi connectivity index (χ1v) is 6.48. The zero-order valence-electron chi connectivity index (χ0n) is 10.5. The Balaban J connectivity index is 0.00000180. The first kappa shape index (κ1) is 16.5. The van der Waals surface area contributed by atoms with Gasteiger partial charge in [0.1, 0.15) is 5.76 Å². The summed E-state index contributed by atoms with van der Waals surface area (Å²) in [7, 11) is 0. The molecular formula is C12H13N2O3SY-. The van der Waals surface area contributed by atoms with E-state index in [4.69, 9.17) is 10.2 Å². The summed E-state index contributed by atoms with van der Waals surface area (Å²) >= 11 is 1.49. The van der Waals surface area contributed by atoms with Crippen LogP contribution in [0.25, 0.3) is 0 Å². The number of nitrogens with zero attached hydrogens (tertiary/aromatic N) is 2. The first-order valence-electron chi connectivity index (χ1n) is 5.66. The number of carboxylic acids is 1. The molecule has 2 N–H and O–H groups in total. The summed E-state index contributed by atoms with van der Waals surface area (Å²) < 4.78 is 0. The van der Waals surface area contributed by atoms with Crippen molar-refractivity contribution in [2.75, 3.05) is 0 Å². The van der Waals surface area contributed by atoms with E-state index < -0.39 is 11.7 Å². The molecule has 99 valence electrons. The van der Waals surface area contributed by atoms with Gasteiger partial charge >= 0.3 is 5.97 Å². The monoisotopic (exact) mass is 354 g/mol. The molecule has 1 heterocycles. The van der Waals surface area contributed by atoms with Crippen LogP contribution in [0.5, 0.6) is 0 Å². The number of aliphatic carboxylic acids is 1. The van der Waals surface area contributed by atoms with Crippen LogP contribution in [0.4, 0.5) is 5.00 Å². The fraction of sp³-hybridized carbons (Fsp3) is 0.417. The van der Waals surface area contributed by atoms with Crippen molar-refractivity contribution in [3.05, 3.63) is 28.0 Å². The van der Waals surface area contributed by atoms with Crippen LogP contribution in [0, 0.1) is 6.07 Å². The molecule has 1 aromatic rings. The number of aliphatic hydroxyl groups is 1. The van der Waals surface area contributed by atoms with Gasteiger partial charge in [-0.2, -0.15) is 5.11 Å². The SMILES string of the molecule is C/C(O)=C(\N=Nc1[c-]c2c(s1)CCCC2)C(=O)O.[Y]. The molecule has 0 bridgehead atoms.